The standard InChI is InChI=1S/C12H18FN3O2/c1-4-9-10(13)11(15-7-14-9)16(5-2)6-8(3)12(17)18/h7-8H,4-6H2,1-3H3,(H,17,18). The molecule has 1 aromatic heterocycles. The number of halogens is 1. The van der Waals surface area contributed by atoms with Crippen LogP contribution in [-0.2, 0) is 11.2 Å². The van der Waals surface area contributed by atoms with Gasteiger partial charge in [-0.1, -0.05) is 13.8 Å². The third kappa shape index (κ3) is 3.15. The van der Waals surface area contributed by atoms with E-state index in [1.165, 1.54) is 6.33 Å². The van der Waals surface area contributed by atoms with Crippen molar-refractivity contribution < 1.29 is 14.3 Å². The normalized spacial score (nSPS) is 12.2. The highest BCUT2D eigenvalue weighted by atomic mass is 19.1. The van der Waals surface area contributed by atoms with E-state index in [1.54, 1.807) is 11.8 Å². The van der Waals surface area contributed by atoms with Crippen LogP contribution in [0.25, 0.3) is 0 Å². The van der Waals surface area contributed by atoms with Crippen molar-refractivity contribution >= 4 is 11.8 Å². The molecule has 0 saturated heterocycles. The number of rotatable bonds is 6. The van der Waals surface area contributed by atoms with Crippen molar-refractivity contribution in [3.8, 4) is 0 Å². The average Bonchev–Trinajstić information content (AvgIpc) is 2.36. The molecule has 1 rings (SSSR count). The molecule has 6 heteroatoms. The second-order valence-electron chi connectivity index (χ2n) is 4.09. The summed E-state index contributed by atoms with van der Waals surface area (Å²) in [4.78, 5) is 20.2. The predicted molar refractivity (Wildman–Crippen MR) is 66.1 cm³/mol. The highest BCUT2D eigenvalue weighted by Crippen LogP contribution is 2.19. The maximum absolute atomic E-state index is 14.0. The van der Waals surface area contributed by atoms with Gasteiger partial charge in [-0.15, -0.1) is 0 Å². The first-order chi connectivity index (χ1) is 8.51. The van der Waals surface area contributed by atoms with E-state index in [0.29, 0.717) is 18.7 Å². The molecule has 1 heterocycles. The molecule has 100 valence electrons. The van der Waals surface area contributed by atoms with Crippen molar-refractivity contribution in [1.82, 2.24) is 9.97 Å². The molecule has 0 fully saturated rings. The number of nitrogens with zero attached hydrogens (tertiary/aromatic N) is 3. The fourth-order valence-electron chi connectivity index (χ4n) is 1.64. The van der Waals surface area contributed by atoms with Crippen LogP contribution in [0, 0.1) is 11.7 Å². The van der Waals surface area contributed by atoms with Crippen molar-refractivity contribution in [2.75, 3.05) is 18.0 Å². The maximum atomic E-state index is 14.0. The van der Waals surface area contributed by atoms with Crippen LogP contribution in [0.3, 0.4) is 0 Å². The van der Waals surface area contributed by atoms with Crippen molar-refractivity contribution in [3.63, 3.8) is 0 Å². The summed E-state index contributed by atoms with van der Waals surface area (Å²) in [5, 5.41) is 8.89. The van der Waals surface area contributed by atoms with Crippen molar-refractivity contribution in [2.24, 2.45) is 5.92 Å². The number of hydrogen-bond donors (Lipinski definition) is 1. The third-order valence-corrected chi connectivity index (χ3v) is 2.78. The summed E-state index contributed by atoms with van der Waals surface area (Å²) in [7, 11) is 0. The van der Waals surface area contributed by atoms with E-state index in [2.05, 4.69) is 9.97 Å². The first-order valence-electron chi connectivity index (χ1n) is 5.98. The molecule has 0 bridgehead atoms. The molecule has 1 aromatic rings. The number of aliphatic carboxylic acids is 1. The van der Waals surface area contributed by atoms with Gasteiger partial charge in [-0.3, -0.25) is 4.79 Å². The maximum Gasteiger partial charge on any atom is 0.308 e. The second kappa shape index (κ2) is 6.28. The van der Waals surface area contributed by atoms with E-state index in [0.717, 1.165) is 0 Å². The minimum absolute atomic E-state index is 0.178. The van der Waals surface area contributed by atoms with Crippen LogP contribution in [0.2, 0.25) is 0 Å². The molecule has 0 aliphatic carbocycles. The number of aryl methyl sites for hydroxylation is 1. The minimum atomic E-state index is -0.904. The molecule has 1 atom stereocenters. The van der Waals surface area contributed by atoms with Crippen LogP contribution < -0.4 is 4.90 Å². The Labute approximate surface area is 106 Å². The molecule has 0 spiro atoms. The van der Waals surface area contributed by atoms with Crippen LogP contribution in [0.1, 0.15) is 26.5 Å². The van der Waals surface area contributed by atoms with Gasteiger partial charge in [0.1, 0.15) is 6.33 Å². The Bertz CT molecular complexity index is 426. The lowest BCUT2D eigenvalue weighted by molar-refractivity contribution is -0.140. The van der Waals surface area contributed by atoms with Gasteiger partial charge in [-0.05, 0) is 13.3 Å². The van der Waals surface area contributed by atoms with Gasteiger partial charge < -0.3 is 10.0 Å². The van der Waals surface area contributed by atoms with E-state index in [4.69, 9.17) is 5.11 Å². The summed E-state index contributed by atoms with van der Waals surface area (Å²) in [6.45, 7) is 5.95. The molecule has 5 nitrogen and oxygen atoms in total. The van der Waals surface area contributed by atoms with Gasteiger partial charge in [0.2, 0.25) is 0 Å². The lowest BCUT2D eigenvalue weighted by atomic mass is 10.1. The topological polar surface area (TPSA) is 66.3 Å². The fourth-order valence-corrected chi connectivity index (χ4v) is 1.64. The Morgan fingerprint density at radius 2 is 2.17 bits per heavy atom. The minimum Gasteiger partial charge on any atom is -0.481 e. The molecule has 0 saturated carbocycles. The lowest BCUT2D eigenvalue weighted by Gasteiger charge is -2.24. The van der Waals surface area contributed by atoms with Gasteiger partial charge >= 0.3 is 5.97 Å². The Balaban J connectivity index is 2.98. The Morgan fingerprint density at radius 1 is 1.50 bits per heavy atom. The summed E-state index contributed by atoms with van der Waals surface area (Å²) in [6.07, 6.45) is 1.79. The highest BCUT2D eigenvalue weighted by Gasteiger charge is 2.20. The van der Waals surface area contributed by atoms with E-state index in [-0.39, 0.29) is 12.4 Å². The highest BCUT2D eigenvalue weighted by molar-refractivity contribution is 5.70. The molecule has 1 unspecified atom stereocenters. The third-order valence-electron chi connectivity index (χ3n) is 2.78. The number of aromatic nitrogens is 2. The number of carboxylic acids is 1. The molecule has 18 heavy (non-hydrogen) atoms. The van der Waals surface area contributed by atoms with Gasteiger partial charge in [-0.2, -0.15) is 0 Å². The largest absolute Gasteiger partial charge is 0.481 e. The fraction of sp³-hybridized carbons (Fsp3) is 0.583. The van der Waals surface area contributed by atoms with Crippen LogP contribution in [0.5, 0.6) is 0 Å². The number of anilines is 1. The van der Waals surface area contributed by atoms with Crippen molar-refractivity contribution in [3.05, 3.63) is 17.8 Å². The van der Waals surface area contributed by atoms with Crippen LogP contribution in [-0.4, -0.2) is 34.1 Å². The zero-order valence-corrected chi connectivity index (χ0v) is 10.9. The van der Waals surface area contributed by atoms with Gasteiger partial charge in [0.25, 0.3) is 0 Å². The molecule has 0 aliphatic rings. The molecule has 0 radical (unpaired) electrons. The average molecular weight is 255 g/mol. The Kier molecular flexibility index (Phi) is 5.00. The number of carboxylic acid groups (broad SMARTS) is 1. The molecular weight excluding hydrogens is 237 g/mol. The van der Waals surface area contributed by atoms with Crippen LogP contribution >= 0.6 is 0 Å². The molecule has 0 amide bonds. The van der Waals surface area contributed by atoms with Gasteiger partial charge in [0.05, 0.1) is 11.6 Å². The van der Waals surface area contributed by atoms with Crippen molar-refractivity contribution in [2.45, 2.75) is 27.2 Å². The predicted octanol–water partition coefficient (Wildman–Crippen LogP) is 1.73. The SMILES string of the molecule is CCc1ncnc(N(CC)CC(C)C(=O)O)c1F. The first-order valence-corrected chi connectivity index (χ1v) is 5.98. The van der Waals surface area contributed by atoms with Crippen molar-refractivity contribution in [1.29, 1.82) is 0 Å². The molecular formula is C12H18FN3O2. The summed E-state index contributed by atoms with van der Waals surface area (Å²) >= 11 is 0. The Hall–Kier alpha value is -1.72. The number of carbonyl (C=O) groups is 1. The van der Waals surface area contributed by atoms with Crippen LogP contribution in [0.15, 0.2) is 6.33 Å². The molecule has 0 aromatic carbocycles. The summed E-state index contributed by atoms with van der Waals surface area (Å²) in [6, 6.07) is 0. The first kappa shape index (κ1) is 14.3. The Morgan fingerprint density at radius 3 is 2.67 bits per heavy atom. The quantitative estimate of drug-likeness (QED) is 0.838. The monoisotopic (exact) mass is 255 g/mol. The van der Waals surface area contributed by atoms with Gasteiger partial charge in [0, 0.05) is 13.1 Å². The zero-order chi connectivity index (χ0) is 13.7. The summed E-state index contributed by atoms with van der Waals surface area (Å²) in [5.41, 5.74) is 0.349. The van der Waals surface area contributed by atoms with E-state index in [9.17, 15) is 9.18 Å². The van der Waals surface area contributed by atoms with E-state index < -0.39 is 17.7 Å². The summed E-state index contributed by atoms with van der Waals surface area (Å²) < 4.78 is 14.0. The zero-order valence-electron chi connectivity index (χ0n) is 10.9. The molecule has 1 N–H and O–H groups in total. The van der Waals surface area contributed by atoms with E-state index >= 15 is 0 Å². The summed E-state index contributed by atoms with van der Waals surface area (Å²) in [5.74, 6) is -1.76. The number of hydrogen-bond acceptors (Lipinski definition) is 4. The van der Waals surface area contributed by atoms with Gasteiger partial charge in [-0.25, -0.2) is 14.4 Å². The van der Waals surface area contributed by atoms with Crippen LogP contribution in [0.4, 0.5) is 10.2 Å². The lowest BCUT2D eigenvalue weighted by Crippen LogP contribution is -2.33. The van der Waals surface area contributed by atoms with Gasteiger partial charge in [0.15, 0.2) is 11.6 Å². The second-order valence-corrected chi connectivity index (χ2v) is 4.09. The smallest absolute Gasteiger partial charge is 0.308 e. The molecule has 0 aliphatic heterocycles. The van der Waals surface area contributed by atoms with E-state index in [1.807, 2.05) is 13.8 Å².